The van der Waals surface area contributed by atoms with Crippen LogP contribution in [0.4, 0.5) is 4.79 Å². The summed E-state index contributed by atoms with van der Waals surface area (Å²) in [6.07, 6.45) is 3.90. The van der Waals surface area contributed by atoms with Crippen molar-refractivity contribution >= 4 is 6.16 Å². The van der Waals surface area contributed by atoms with E-state index >= 15 is 0 Å². The molecule has 3 rings (SSSR count). The summed E-state index contributed by atoms with van der Waals surface area (Å²) in [6.45, 7) is 0.263. The number of nitrogens with one attached hydrogen (secondary N) is 1. The minimum absolute atomic E-state index is 0.168. The fourth-order valence-corrected chi connectivity index (χ4v) is 3.07. The van der Waals surface area contributed by atoms with Crippen LogP contribution in [0.25, 0.3) is 0 Å². The third-order valence-electron chi connectivity index (χ3n) is 4.01. The molecule has 102 valence electrons. The average Bonchev–Trinajstić information content (AvgIpc) is 2.98. The van der Waals surface area contributed by atoms with Gasteiger partial charge in [0, 0.05) is 12.5 Å². The maximum absolute atomic E-state index is 11.6. The lowest BCUT2D eigenvalue weighted by Crippen LogP contribution is -2.33. The Kier molecular flexibility index (Phi) is 3.69. The first kappa shape index (κ1) is 12.5. The maximum atomic E-state index is 11.6. The molecule has 4 nitrogen and oxygen atoms in total. The van der Waals surface area contributed by atoms with E-state index in [-0.39, 0.29) is 12.8 Å². The number of hydrogen-bond donors (Lipinski definition) is 1. The van der Waals surface area contributed by atoms with Crippen LogP contribution < -0.4 is 5.32 Å². The molecule has 1 saturated heterocycles. The third kappa shape index (κ3) is 3.07. The normalized spacial score (nSPS) is 28.9. The van der Waals surface area contributed by atoms with Gasteiger partial charge in [-0.05, 0) is 24.3 Å². The first-order valence-corrected chi connectivity index (χ1v) is 6.94. The second-order valence-electron chi connectivity index (χ2n) is 5.33. The van der Waals surface area contributed by atoms with Crippen molar-refractivity contribution in [3.05, 3.63) is 35.9 Å². The molecule has 1 heterocycles. The van der Waals surface area contributed by atoms with Crippen molar-refractivity contribution in [1.29, 1.82) is 0 Å². The van der Waals surface area contributed by atoms with E-state index in [0.29, 0.717) is 12.0 Å². The number of fused-ring (bicyclic) bond motifs is 1. The Hall–Kier alpha value is -1.55. The fraction of sp³-hybridized carbons (Fsp3) is 0.533. The van der Waals surface area contributed by atoms with Crippen molar-refractivity contribution in [2.75, 3.05) is 0 Å². The third-order valence-corrected chi connectivity index (χ3v) is 4.01. The average molecular weight is 261 g/mol. The number of carbonyl (C=O) groups excluding carboxylic acids is 1. The van der Waals surface area contributed by atoms with E-state index in [1.807, 2.05) is 30.3 Å². The topological polar surface area (TPSA) is 47.6 Å². The van der Waals surface area contributed by atoms with E-state index in [2.05, 4.69) is 5.32 Å². The molecule has 1 aromatic rings. The van der Waals surface area contributed by atoms with Crippen LogP contribution in [0.15, 0.2) is 30.3 Å². The summed E-state index contributed by atoms with van der Waals surface area (Å²) < 4.78 is 10.4. The Balaban J connectivity index is 1.42. The van der Waals surface area contributed by atoms with Gasteiger partial charge in [0.25, 0.3) is 0 Å². The molecule has 1 N–H and O–H groups in total. The number of hydrogen-bond acceptors (Lipinski definition) is 4. The first-order valence-electron chi connectivity index (χ1n) is 6.94. The van der Waals surface area contributed by atoms with Crippen molar-refractivity contribution in [2.24, 2.45) is 5.92 Å². The highest BCUT2D eigenvalue weighted by atomic mass is 16.7. The summed E-state index contributed by atoms with van der Waals surface area (Å²) in [7, 11) is 0. The summed E-state index contributed by atoms with van der Waals surface area (Å²) >= 11 is 0. The van der Waals surface area contributed by atoms with Gasteiger partial charge in [0.1, 0.15) is 6.61 Å². The Morgan fingerprint density at radius 1 is 1.26 bits per heavy atom. The van der Waals surface area contributed by atoms with E-state index in [1.54, 1.807) is 0 Å². The standard InChI is InChI=1S/C15H19NO3/c17-15(18-10-11-5-2-1-3-6-11)19-14-9-12-7-4-8-13(12)16-14/h1-3,5-6,12-14,16H,4,7-10H2/t12-,13-,14?/m1/s1. The van der Waals surface area contributed by atoms with Crippen LogP contribution in [-0.2, 0) is 16.1 Å². The zero-order valence-corrected chi connectivity index (χ0v) is 10.9. The van der Waals surface area contributed by atoms with Gasteiger partial charge < -0.3 is 9.47 Å². The minimum Gasteiger partial charge on any atom is -0.429 e. The molecule has 0 amide bonds. The monoisotopic (exact) mass is 261 g/mol. The van der Waals surface area contributed by atoms with Gasteiger partial charge in [-0.15, -0.1) is 0 Å². The highest BCUT2D eigenvalue weighted by Gasteiger charge is 2.38. The lowest BCUT2D eigenvalue weighted by Gasteiger charge is -2.14. The molecule has 2 fully saturated rings. The van der Waals surface area contributed by atoms with Crippen LogP contribution in [0.1, 0.15) is 31.2 Å². The van der Waals surface area contributed by atoms with Crippen LogP contribution in [0.3, 0.4) is 0 Å². The van der Waals surface area contributed by atoms with Gasteiger partial charge in [0.15, 0.2) is 6.23 Å². The summed E-state index contributed by atoms with van der Waals surface area (Å²) in [5.74, 6) is 0.673. The second kappa shape index (κ2) is 5.61. The van der Waals surface area contributed by atoms with Gasteiger partial charge >= 0.3 is 6.16 Å². The molecule has 3 atom stereocenters. The van der Waals surface area contributed by atoms with Gasteiger partial charge in [-0.3, -0.25) is 5.32 Å². The van der Waals surface area contributed by atoms with E-state index in [9.17, 15) is 4.79 Å². The smallest absolute Gasteiger partial charge is 0.429 e. The van der Waals surface area contributed by atoms with Crippen LogP contribution >= 0.6 is 0 Å². The Bertz CT molecular complexity index is 422. The van der Waals surface area contributed by atoms with Crippen LogP contribution in [0.5, 0.6) is 0 Å². The summed E-state index contributed by atoms with van der Waals surface area (Å²) in [6, 6.07) is 10.2. The van der Waals surface area contributed by atoms with Crippen LogP contribution in [0, 0.1) is 5.92 Å². The fourth-order valence-electron chi connectivity index (χ4n) is 3.07. The molecule has 0 radical (unpaired) electrons. The minimum atomic E-state index is -0.582. The molecule has 2 aliphatic rings. The van der Waals surface area contributed by atoms with E-state index in [1.165, 1.54) is 19.3 Å². The molecule has 19 heavy (non-hydrogen) atoms. The van der Waals surface area contributed by atoms with Gasteiger partial charge in [-0.25, -0.2) is 4.79 Å². The van der Waals surface area contributed by atoms with E-state index in [0.717, 1.165) is 12.0 Å². The molecule has 1 unspecified atom stereocenters. The van der Waals surface area contributed by atoms with Crippen molar-refractivity contribution in [3.63, 3.8) is 0 Å². The van der Waals surface area contributed by atoms with Gasteiger partial charge in [0.2, 0.25) is 0 Å². The maximum Gasteiger partial charge on any atom is 0.510 e. The summed E-state index contributed by atoms with van der Waals surface area (Å²) in [4.78, 5) is 11.6. The second-order valence-corrected chi connectivity index (χ2v) is 5.33. The summed E-state index contributed by atoms with van der Waals surface area (Å²) in [5, 5.41) is 3.36. The molecule has 0 spiro atoms. The molecule has 0 aromatic heterocycles. The molecule has 0 bridgehead atoms. The first-order chi connectivity index (χ1) is 9.31. The van der Waals surface area contributed by atoms with Crippen molar-refractivity contribution in [3.8, 4) is 0 Å². The highest BCUT2D eigenvalue weighted by Crippen LogP contribution is 2.34. The number of ether oxygens (including phenoxy) is 2. The number of rotatable bonds is 3. The SMILES string of the molecule is O=C(OCc1ccccc1)OC1C[C@H]2CCC[C@H]2N1. The van der Waals surface area contributed by atoms with Gasteiger partial charge in [0.05, 0.1) is 0 Å². The molecule has 1 aliphatic heterocycles. The lowest BCUT2D eigenvalue weighted by atomic mass is 10.0. The molecule has 1 saturated carbocycles. The number of benzene rings is 1. The predicted molar refractivity (Wildman–Crippen MR) is 70.4 cm³/mol. The predicted octanol–water partition coefficient (Wildman–Crippen LogP) is 2.83. The molecule has 4 heteroatoms. The Morgan fingerprint density at radius 3 is 2.89 bits per heavy atom. The molecule has 1 aromatic carbocycles. The lowest BCUT2D eigenvalue weighted by molar-refractivity contribution is 0.0116. The van der Waals surface area contributed by atoms with Crippen LogP contribution in [0.2, 0.25) is 0 Å². The van der Waals surface area contributed by atoms with Crippen molar-refractivity contribution < 1.29 is 14.3 Å². The van der Waals surface area contributed by atoms with E-state index in [4.69, 9.17) is 9.47 Å². The zero-order chi connectivity index (χ0) is 13.1. The van der Waals surface area contributed by atoms with Crippen molar-refractivity contribution in [1.82, 2.24) is 5.32 Å². The van der Waals surface area contributed by atoms with Gasteiger partial charge in [-0.2, -0.15) is 0 Å². The molecule has 1 aliphatic carbocycles. The largest absolute Gasteiger partial charge is 0.510 e. The Labute approximate surface area is 113 Å². The Morgan fingerprint density at radius 2 is 2.11 bits per heavy atom. The molecular weight excluding hydrogens is 242 g/mol. The van der Waals surface area contributed by atoms with Crippen LogP contribution in [-0.4, -0.2) is 18.4 Å². The molecular formula is C15H19NO3. The zero-order valence-electron chi connectivity index (χ0n) is 10.9. The van der Waals surface area contributed by atoms with Gasteiger partial charge in [-0.1, -0.05) is 36.8 Å². The summed E-state index contributed by atoms with van der Waals surface area (Å²) in [5.41, 5.74) is 0.968. The van der Waals surface area contributed by atoms with E-state index < -0.39 is 6.16 Å². The quantitative estimate of drug-likeness (QED) is 0.850. The number of carbonyl (C=O) groups is 1. The van der Waals surface area contributed by atoms with Crippen molar-refractivity contribution in [2.45, 2.75) is 44.6 Å². The highest BCUT2D eigenvalue weighted by molar-refractivity contribution is 5.60.